The van der Waals surface area contributed by atoms with Gasteiger partial charge >= 0.3 is 5.97 Å². The second kappa shape index (κ2) is 5.07. The van der Waals surface area contributed by atoms with Crippen LogP contribution in [-0.4, -0.2) is 35.8 Å². The summed E-state index contributed by atoms with van der Waals surface area (Å²) in [6.07, 6.45) is 2.43. The molecule has 0 N–H and O–H groups in total. The third kappa shape index (κ3) is 1.89. The molecule has 1 aliphatic rings. The van der Waals surface area contributed by atoms with E-state index in [1.165, 1.54) is 7.11 Å². The Labute approximate surface area is 121 Å². The van der Waals surface area contributed by atoms with Crippen LogP contribution < -0.4 is 0 Å². The number of hydrogen-bond acceptors (Lipinski definition) is 4. The number of carbonyl (C=O) groups is 1. The Hall–Kier alpha value is -1.59. The highest BCUT2D eigenvalue weighted by Gasteiger charge is 2.27. The standard InChI is InChI=1S/C14H15ClN2O3/c1-3-8-5-16-13-10(12(8)14(18)19-2)4-11(15)17(13)9-6-20-7-9/h4-5,9H,3,6-7H2,1-2H3. The van der Waals surface area contributed by atoms with Crippen molar-refractivity contribution < 1.29 is 14.3 Å². The van der Waals surface area contributed by atoms with Crippen molar-refractivity contribution in [3.8, 4) is 0 Å². The molecule has 2 aromatic rings. The van der Waals surface area contributed by atoms with Crippen LogP contribution in [0.25, 0.3) is 11.0 Å². The average molecular weight is 295 g/mol. The van der Waals surface area contributed by atoms with E-state index in [9.17, 15) is 4.79 Å². The van der Waals surface area contributed by atoms with Crippen molar-refractivity contribution >= 4 is 28.6 Å². The summed E-state index contributed by atoms with van der Waals surface area (Å²) in [4.78, 5) is 16.5. The number of pyridine rings is 1. The largest absolute Gasteiger partial charge is 0.465 e. The van der Waals surface area contributed by atoms with Crippen LogP contribution in [0, 0.1) is 0 Å². The normalized spacial score (nSPS) is 15.3. The zero-order valence-electron chi connectivity index (χ0n) is 11.4. The van der Waals surface area contributed by atoms with Crippen molar-refractivity contribution in [3.63, 3.8) is 0 Å². The molecule has 0 aliphatic carbocycles. The van der Waals surface area contributed by atoms with Crippen LogP contribution >= 0.6 is 11.6 Å². The maximum atomic E-state index is 12.1. The van der Waals surface area contributed by atoms with Gasteiger partial charge in [0.2, 0.25) is 0 Å². The number of nitrogens with zero attached hydrogens (tertiary/aromatic N) is 2. The van der Waals surface area contributed by atoms with Gasteiger partial charge in [-0.2, -0.15) is 0 Å². The number of aryl methyl sites for hydroxylation is 1. The Kier molecular flexibility index (Phi) is 3.40. The van der Waals surface area contributed by atoms with Gasteiger partial charge in [0.1, 0.15) is 10.8 Å². The highest BCUT2D eigenvalue weighted by molar-refractivity contribution is 6.31. The molecule has 0 amide bonds. The summed E-state index contributed by atoms with van der Waals surface area (Å²) in [7, 11) is 1.38. The molecular weight excluding hydrogens is 280 g/mol. The summed E-state index contributed by atoms with van der Waals surface area (Å²) in [6, 6.07) is 1.97. The summed E-state index contributed by atoms with van der Waals surface area (Å²) in [5.74, 6) is -0.354. The van der Waals surface area contributed by atoms with Gasteiger partial charge in [-0.1, -0.05) is 18.5 Å². The Morgan fingerprint density at radius 3 is 2.90 bits per heavy atom. The topological polar surface area (TPSA) is 53.4 Å². The second-order valence-corrected chi connectivity index (χ2v) is 5.16. The Bertz CT molecular complexity index is 677. The van der Waals surface area contributed by atoms with Gasteiger partial charge in [-0.3, -0.25) is 0 Å². The van der Waals surface area contributed by atoms with E-state index >= 15 is 0 Å². The predicted molar refractivity (Wildman–Crippen MR) is 75.3 cm³/mol. The zero-order valence-corrected chi connectivity index (χ0v) is 12.1. The lowest BCUT2D eigenvalue weighted by Gasteiger charge is -2.28. The van der Waals surface area contributed by atoms with E-state index in [-0.39, 0.29) is 12.0 Å². The highest BCUT2D eigenvalue weighted by Crippen LogP contribution is 2.33. The number of aromatic nitrogens is 2. The van der Waals surface area contributed by atoms with Crippen molar-refractivity contribution in [1.29, 1.82) is 0 Å². The smallest absolute Gasteiger partial charge is 0.338 e. The summed E-state index contributed by atoms with van der Waals surface area (Å²) >= 11 is 6.31. The zero-order chi connectivity index (χ0) is 14.3. The Morgan fingerprint density at radius 2 is 2.35 bits per heavy atom. The molecule has 1 saturated heterocycles. The van der Waals surface area contributed by atoms with Gasteiger partial charge in [-0.25, -0.2) is 9.78 Å². The van der Waals surface area contributed by atoms with Gasteiger partial charge in [0.25, 0.3) is 0 Å². The average Bonchev–Trinajstić information content (AvgIpc) is 2.72. The van der Waals surface area contributed by atoms with Crippen LogP contribution in [0.15, 0.2) is 12.3 Å². The molecule has 0 spiro atoms. The molecule has 3 heterocycles. The summed E-state index contributed by atoms with van der Waals surface area (Å²) < 4.78 is 12.0. The third-order valence-corrected chi connectivity index (χ3v) is 3.94. The predicted octanol–water partition coefficient (Wildman–Crippen LogP) is 2.61. The monoisotopic (exact) mass is 294 g/mol. The molecule has 2 aromatic heterocycles. The van der Waals surface area contributed by atoms with Crippen LogP contribution in [0.1, 0.15) is 28.9 Å². The van der Waals surface area contributed by atoms with Gasteiger partial charge in [0.15, 0.2) is 0 Å². The van der Waals surface area contributed by atoms with E-state index in [0.717, 1.165) is 10.9 Å². The SMILES string of the molecule is CCc1cnc2c(cc(Cl)n2C2COC2)c1C(=O)OC. The number of ether oxygens (including phenoxy) is 2. The molecule has 0 atom stereocenters. The molecular formula is C14H15ClN2O3. The van der Waals surface area contributed by atoms with Crippen LogP contribution in [0.5, 0.6) is 0 Å². The number of esters is 1. The van der Waals surface area contributed by atoms with Crippen LogP contribution in [0.2, 0.25) is 5.15 Å². The minimum atomic E-state index is -0.354. The lowest BCUT2D eigenvalue weighted by Crippen LogP contribution is -2.30. The lowest BCUT2D eigenvalue weighted by molar-refractivity contribution is -0.0214. The van der Waals surface area contributed by atoms with Gasteiger partial charge in [0.05, 0.1) is 31.9 Å². The number of rotatable bonds is 3. The van der Waals surface area contributed by atoms with Crippen LogP contribution in [0.4, 0.5) is 0 Å². The molecule has 0 aromatic carbocycles. The number of methoxy groups -OCH3 is 1. The Morgan fingerprint density at radius 1 is 1.60 bits per heavy atom. The summed E-state index contributed by atoms with van der Waals surface area (Å²) in [6.45, 7) is 3.22. The molecule has 0 radical (unpaired) electrons. The quantitative estimate of drug-likeness (QED) is 0.817. The highest BCUT2D eigenvalue weighted by atomic mass is 35.5. The molecule has 5 nitrogen and oxygen atoms in total. The van der Waals surface area contributed by atoms with E-state index < -0.39 is 0 Å². The summed E-state index contributed by atoms with van der Waals surface area (Å²) in [5.41, 5.74) is 2.13. The van der Waals surface area contributed by atoms with E-state index in [4.69, 9.17) is 21.1 Å². The minimum absolute atomic E-state index is 0.186. The molecule has 3 rings (SSSR count). The molecule has 20 heavy (non-hydrogen) atoms. The summed E-state index contributed by atoms with van der Waals surface area (Å²) in [5, 5.41) is 1.31. The van der Waals surface area contributed by atoms with Crippen molar-refractivity contribution in [3.05, 3.63) is 28.5 Å². The molecule has 1 fully saturated rings. The van der Waals surface area contributed by atoms with E-state index in [2.05, 4.69) is 4.98 Å². The fourth-order valence-corrected chi connectivity index (χ4v) is 2.83. The third-order valence-electron chi connectivity index (χ3n) is 3.65. The first-order chi connectivity index (χ1) is 9.67. The van der Waals surface area contributed by atoms with Gasteiger partial charge in [-0.05, 0) is 18.1 Å². The minimum Gasteiger partial charge on any atom is -0.465 e. The maximum absolute atomic E-state index is 12.1. The second-order valence-electron chi connectivity index (χ2n) is 4.77. The van der Waals surface area contributed by atoms with Gasteiger partial charge < -0.3 is 14.0 Å². The van der Waals surface area contributed by atoms with Crippen molar-refractivity contribution in [2.45, 2.75) is 19.4 Å². The first-order valence-corrected chi connectivity index (χ1v) is 6.89. The fraction of sp³-hybridized carbons (Fsp3) is 0.429. The number of hydrogen-bond donors (Lipinski definition) is 0. The molecule has 0 saturated carbocycles. The van der Waals surface area contributed by atoms with E-state index in [1.807, 2.05) is 11.5 Å². The molecule has 106 valence electrons. The van der Waals surface area contributed by atoms with Crippen LogP contribution in [0.3, 0.4) is 0 Å². The van der Waals surface area contributed by atoms with Crippen LogP contribution in [-0.2, 0) is 15.9 Å². The number of fused-ring (bicyclic) bond motifs is 1. The molecule has 0 bridgehead atoms. The first-order valence-electron chi connectivity index (χ1n) is 6.51. The van der Waals surface area contributed by atoms with Gasteiger partial charge in [0, 0.05) is 11.6 Å². The number of halogens is 1. The first kappa shape index (κ1) is 13.4. The Balaban J connectivity index is 2.26. The van der Waals surface area contributed by atoms with E-state index in [1.54, 1.807) is 12.3 Å². The fourth-order valence-electron chi connectivity index (χ4n) is 2.51. The van der Waals surface area contributed by atoms with Crippen molar-refractivity contribution in [2.24, 2.45) is 0 Å². The number of carbonyl (C=O) groups excluding carboxylic acids is 1. The van der Waals surface area contributed by atoms with Crippen molar-refractivity contribution in [1.82, 2.24) is 9.55 Å². The van der Waals surface area contributed by atoms with E-state index in [0.29, 0.717) is 36.0 Å². The van der Waals surface area contributed by atoms with Gasteiger partial charge in [-0.15, -0.1) is 0 Å². The molecule has 0 unspecified atom stereocenters. The molecule has 6 heteroatoms. The molecule has 1 aliphatic heterocycles. The lowest BCUT2D eigenvalue weighted by atomic mass is 10.0. The van der Waals surface area contributed by atoms with Crippen molar-refractivity contribution in [2.75, 3.05) is 20.3 Å². The maximum Gasteiger partial charge on any atom is 0.338 e.